The summed E-state index contributed by atoms with van der Waals surface area (Å²) in [6, 6.07) is 95.9. The molecule has 14 aromatic carbocycles. The molecule has 0 aliphatic rings. The van der Waals surface area contributed by atoms with E-state index < -0.39 is 40.2 Å². The molecule has 0 spiro atoms. The molecule has 0 fully saturated rings. The first kappa shape index (κ1) is 54.6. The number of benzene rings is 14. The van der Waals surface area contributed by atoms with Crippen LogP contribution in [0.1, 0.15) is 5.56 Å². The highest BCUT2D eigenvalue weighted by atomic mass is 19.2. The van der Waals surface area contributed by atoms with Crippen LogP contribution < -0.4 is 0 Å². The van der Waals surface area contributed by atoms with Crippen molar-refractivity contribution in [1.29, 1.82) is 5.26 Å². The van der Waals surface area contributed by atoms with Crippen LogP contribution in [0.15, 0.2) is 279 Å². The van der Waals surface area contributed by atoms with Crippen molar-refractivity contribution in [3.8, 4) is 51.3 Å². The van der Waals surface area contributed by atoms with Crippen molar-refractivity contribution < 1.29 is 22.0 Å². The topological polar surface area (TPSA) is 53.4 Å². The van der Waals surface area contributed by atoms with Gasteiger partial charge in [-0.15, -0.1) is 0 Å². The maximum absolute atomic E-state index is 17.2. The van der Waals surface area contributed by atoms with Crippen LogP contribution in [0.2, 0.25) is 0 Å². The Bertz CT molecular complexity index is 6340. The van der Waals surface area contributed by atoms with Crippen LogP contribution in [0, 0.1) is 40.4 Å². The van der Waals surface area contributed by atoms with Gasteiger partial charge in [-0.05, 0) is 133 Å². The second kappa shape index (κ2) is 20.3. The standard InChI is InChI=1S/C85H46F5N7/c86-80-79(81(87)83(89)84(90)82(80)88)60-37-42-78(96-74-38-33-48(92-66-25-9-1-17-52(66)53-18-2-10-26-67(53)92)43-61(74)62-44-49(34-39-75(62)96)93-68-27-11-3-19-54(68)55-20-4-12-28-69(55)93)65(47-91)85(60)97-76-40-35-50(94-70-29-13-5-21-56(70)57-22-6-14-30-71(57)94)45-63(76)64-46-51(36-41-77(64)97)95-72-31-15-7-23-58(72)59-24-8-16-32-73(59)95/h1-46H. The predicted molar refractivity (Wildman–Crippen MR) is 382 cm³/mol. The van der Waals surface area contributed by atoms with Gasteiger partial charge in [0.2, 0.25) is 5.82 Å². The highest BCUT2D eigenvalue weighted by Crippen LogP contribution is 2.47. The number of hydrogen-bond acceptors (Lipinski definition) is 1. The molecule has 0 aliphatic heterocycles. The monoisotopic (exact) mass is 1260 g/mol. The van der Waals surface area contributed by atoms with E-state index in [0.29, 0.717) is 32.8 Å². The Morgan fingerprint density at radius 2 is 0.464 bits per heavy atom. The minimum absolute atomic E-state index is 0.101. The third-order valence-electron chi connectivity index (χ3n) is 20.0. The lowest BCUT2D eigenvalue weighted by Gasteiger charge is -2.21. The summed E-state index contributed by atoms with van der Waals surface area (Å²) in [6.07, 6.45) is 0. The Balaban J connectivity index is 0.914. The molecule has 6 heterocycles. The smallest absolute Gasteiger partial charge is 0.200 e. The Morgan fingerprint density at radius 1 is 0.227 bits per heavy atom. The van der Waals surface area contributed by atoms with E-state index in [1.807, 2.05) is 138 Å². The number of para-hydroxylation sites is 8. The molecule has 20 rings (SSSR count). The third-order valence-corrected chi connectivity index (χ3v) is 20.0. The fourth-order valence-electron chi connectivity index (χ4n) is 16.0. The first-order chi connectivity index (χ1) is 47.7. The molecule has 0 amide bonds. The minimum atomic E-state index is -2.30. The molecule has 0 bridgehead atoms. The van der Waals surface area contributed by atoms with Crippen molar-refractivity contribution in [3.63, 3.8) is 0 Å². The molecule has 20 aromatic rings. The molecule has 0 aliphatic carbocycles. The van der Waals surface area contributed by atoms with Crippen LogP contribution >= 0.6 is 0 Å². The molecule has 0 N–H and O–H groups in total. The van der Waals surface area contributed by atoms with Crippen molar-refractivity contribution in [2.75, 3.05) is 0 Å². The highest BCUT2D eigenvalue weighted by Gasteiger charge is 2.33. The summed E-state index contributed by atoms with van der Waals surface area (Å²) >= 11 is 0. The van der Waals surface area contributed by atoms with E-state index in [4.69, 9.17) is 0 Å². The van der Waals surface area contributed by atoms with E-state index in [2.05, 4.69) is 158 Å². The van der Waals surface area contributed by atoms with Crippen LogP contribution in [0.4, 0.5) is 22.0 Å². The largest absolute Gasteiger partial charge is 0.309 e. The van der Waals surface area contributed by atoms with E-state index in [-0.39, 0.29) is 16.9 Å². The molecule has 456 valence electrons. The maximum atomic E-state index is 17.2. The van der Waals surface area contributed by atoms with Crippen LogP contribution in [0.5, 0.6) is 0 Å². The molecular weight excluding hydrogens is 1210 g/mol. The van der Waals surface area contributed by atoms with Crippen molar-refractivity contribution in [3.05, 3.63) is 314 Å². The van der Waals surface area contributed by atoms with Crippen molar-refractivity contribution >= 4 is 131 Å². The second-order valence-corrected chi connectivity index (χ2v) is 24.9. The summed E-state index contributed by atoms with van der Waals surface area (Å²) in [5, 5.41) is 23.9. The summed E-state index contributed by atoms with van der Waals surface area (Å²) in [7, 11) is 0. The fraction of sp³-hybridized carbons (Fsp3) is 0. The molecule has 7 nitrogen and oxygen atoms in total. The molecule has 0 saturated carbocycles. The lowest BCUT2D eigenvalue weighted by molar-refractivity contribution is 0.381. The molecule has 0 atom stereocenters. The summed E-state index contributed by atoms with van der Waals surface area (Å²) in [5.74, 6) is -10.6. The Kier molecular flexibility index (Phi) is 11.4. The molecule has 6 aromatic heterocycles. The quantitative estimate of drug-likeness (QED) is 0.0891. The molecule has 97 heavy (non-hydrogen) atoms. The van der Waals surface area contributed by atoms with E-state index in [1.54, 1.807) is 10.6 Å². The first-order valence-electron chi connectivity index (χ1n) is 31.9. The molecule has 0 unspecified atom stereocenters. The molecule has 0 radical (unpaired) electrons. The number of nitrogens with zero attached hydrogens (tertiary/aromatic N) is 7. The summed E-state index contributed by atoms with van der Waals surface area (Å²) in [4.78, 5) is 0. The predicted octanol–water partition coefficient (Wildman–Crippen LogP) is 22.5. The number of hydrogen-bond donors (Lipinski definition) is 0. The third kappa shape index (κ3) is 7.47. The lowest BCUT2D eigenvalue weighted by Crippen LogP contribution is -2.10. The first-order valence-corrected chi connectivity index (χ1v) is 31.9. The van der Waals surface area contributed by atoms with Gasteiger partial charge in [0.15, 0.2) is 23.3 Å². The summed E-state index contributed by atoms with van der Waals surface area (Å²) in [5.41, 5.74) is 12.1. The number of nitriles is 1. The second-order valence-electron chi connectivity index (χ2n) is 24.9. The van der Waals surface area contributed by atoms with Gasteiger partial charge in [0.05, 0.1) is 83.1 Å². The highest BCUT2D eigenvalue weighted by molar-refractivity contribution is 6.17. The zero-order valence-electron chi connectivity index (χ0n) is 51.1. The minimum Gasteiger partial charge on any atom is -0.309 e. The summed E-state index contributed by atoms with van der Waals surface area (Å²) in [6.45, 7) is 0. The Morgan fingerprint density at radius 3 is 0.732 bits per heavy atom. The van der Waals surface area contributed by atoms with Crippen molar-refractivity contribution in [1.82, 2.24) is 27.4 Å². The van der Waals surface area contributed by atoms with Crippen molar-refractivity contribution in [2.24, 2.45) is 0 Å². The van der Waals surface area contributed by atoms with Gasteiger partial charge in [-0.25, -0.2) is 22.0 Å². The normalized spacial score (nSPS) is 12.2. The van der Waals surface area contributed by atoms with Gasteiger partial charge < -0.3 is 27.4 Å². The van der Waals surface area contributed by atoms with Gasteiger partial charge in [0, 0.05) is 92.9 Å². The molecule has 12 heteroatoms. The fourth-order valence-corrected chi connectivity index (χ4v) is 16.0. The van der Waals surface area contributed by atoms with E-state index in [0.717, 1.165) is 121 Å². The van der Waals surface area contributed by atoms with Gasteiger partial charge in [0.1, 0.15) is 11.6 Å². The van der Waals surface area contributed by atoms with Crippen molar-refractivity contribution in [2.45, 2.75) is 0 Å². The van der Waals surface area contributed by atoms with E-state index >= 15 is 22.0 Å². The zero-order chi connectivity index (χ0) is 64.6. The number of aromatic nitrogens is 6. The Labute approximate surface area is 547 Å². The van der Waals surface area contributed by atoms with Gasteiger partial charge in [-0.2, -0.15) is 5.26 Å². The van der Waals surface area contributed by atoms with Gasteiger partial charge in [0.25, 0.3) is 0 Å². The zero-order valence-corrected chi connectivity index (χ0v) is 51.1. The van der Waals surface area contributed by atoms with Gasteiger partial charge >= 0.3 is 0 Å². The van der Waals surface area contributed by atoms with E-state index in [1.165, 1.54) is 6.07 Å². The van der Waals surface area contributed by atoms with Crippen LogP contribution in [0.3, 0.4) is 0 Å². The summed E-state index contributed by atoms with van der Waals surface area (Å²) < 4.78 is 94.6. The number of fused-ring (bicyclic) bond motifs is 18. The molecule has 0 saturated heterocycles. The molecular formula is C85H46F5N7. The van der Waals surface area contributed by atoms with Crippen LogP contribution in [-0.2, 0) is 0 Å². The average Bonchev–Trinajstić information content (AvgIpc) is 1.66. The number of halogens is 5. The van der Waals surface area contributed by atoms with Crippen LogP contribution in [0.25, 0.3) is 176 Å². The van der Waals surface area contributed by atoms with Gasteiger partial charge in [-0.3, -0.25) is 0 Å². The Hall–Kier alpha value is -13.0. The average molecular weight is 1260 g/mol. The van der Waals surface area contributed by atoms with E-state index in [9.17, 15) is 5.26 Å². The lowest BCUT2D eigenvalue weighted by atomic mass is 9.96. The maximum Gasteiger partial charge on any atom is 0.200 e. The van der Waals surface area contributed by atoms with Crippen LogP contribution in [-0.4, -0.2) is 27.4 Å². The SMILES string of the molecule is N#Cc1c(-n2c3ccc(-n4c5ccccc5c5ccccc54)cc3c3cc(-n4c5ccccc5c5ccccc54)ccc32)ccc(-c2c(F)c(F)c(F)c(F)c2F)c1-n1c2ccc(-n3c4ccccc4c4ccccc43)cc2c2cc(-n3c4ccccc4c4ccccc43)ccc21. The number of rotatable bonds is 7. The van der Waals surface area contributed by atoms with Gasteiger partial charge in [-0.1, -0.05) is 146 Å².